The Labute approximate surface area is 320 Å². The first-order chi connectivity index (χ1) is 27.7. The van der Waals surface area contributed by atoms with Gasteiger partial charge in [0.2, 0.25) is 0 Å². The average molecular weight is 715 g/mol. The van der Waals surface area contributed by atoms with Crippen LogP contribution in [-0.4, -0.2) is 9.97 Å². The van der Waals surface area contributed by atoms with E-state index < -0.39 is 0 Å². The van der Waals surface area contributed by atoms with Crippen molar-refractivity contribution in [2.45, 2.75) is 0 Å². The molecular weight excluding hydrogens is 685 g/mol. The van der Waals surface area contributed by atoms with E-state index in [1.165, 1.54) is 22.3 Å². The van der Waals surface area contributed by atoms with Crippen molar-refractivity contribution in [2.24, 2.45) is 0 Å². The molecule has 0 unspecified atom stereocenters. The number of para-hydroxylation sites is 2. The quantitative estimate of drug-likeness (QED) is 0.170. The Kier molecular flexibility index (Phi) is 6.60. The number of hydrogen-bond donors (Lipinski definition) is 0. The highest BCUT2D eigenvalue weighted by Crippen LogP contribution is 2.43. The maximum atomic E-state index is 6.80. The summed E-state index contributed by atoms with van der Waals surface area (Å²) in [6, 6.07) is 61.8. The van der Waals surface area contributed by atoms with Crippen LogP contribution in [0.2, 0.25) is 0 Å². The van der Waals surface area contributed by atoms with Crippen LogP contribution >= 0.6 is 0 Å². The highest BCUT2D eigenvalue weighted by molar-refractivity contribution is 6.25. The van der Waals surface area contributed by atoms with E-state index in [0.717, 1.165) is 98.8 Å². The Morgan fingerprint density at radius 2 is 0.946 bits per heavy atom. The van der Waals surface area contributed by atoms with Gasteiger partial charge in [-0.1, -0.05) is 140 Å². The monoisotopic (exact) mass is 714 g/mol. The number of rotatable bonds is 4. The van der Waals surface area contributed by atoms with Crippen LogP contribution in [0.25, 0.3) is 121 Å². The third-order valence-electron chi connectivity index (χ3n) is 11.3. The standard InChI is InChI=1S/C52H30N2O2/c1-3-11-31(12-4-1)33-21-23-38-43(28-33)44-29-34(32-13-5-2-6-14-32)22-24-39(44)50-49(38)53-30-45(54-50)36-16-9-15-35(27-36)37-18-10-19-40-41-25-26-47-48(52(41)56-51(37)40)42-17-7-8-20-46(42)55-47/h1-30H. The molecule has 0 bridgehead atoms. The van der Waals surface area contributed by atoms with Gasteiger partial charge in [-0.3, -0.25) is 4.98 Å². The summed E-state index contributed by atoms with van der Waals surface area (Å²) in [7, 11) is 0. The van der Waals surface area contributed by atoms with Crippen molar-refractivity contribution >= 4 is 76.5 Å². The summed E-state index contributed by atoms with van der Waals surface area (Å²) in [6.45, 7) is 0. The van der Waals surface area contributed by atoms with Crippen molar-refractivity contribution in [3.8, 4) is 44.6 Å². The molecule has 0 aliphatic heterocycles. The summed E-state index contributed by atoms with van der Waals surface area (Å²) >= 11 is 0. The van der Waals surface area contributed by atoms with Gasteiger partial charge in [-0.15, -0.1) is 0 Å². The Morgan fingerprint density at radius 1 is 0.339 bits per heavy atom. The second-order valence-corrected chi connectivity index (χ2v) is 14.5. The molecule has 4 heteroatoms. The van der Waals surface area contributed by atoms with E-state index in [4.69, 9.17) is 18.8 Å². The highest BCUT2D eigenvalue weighted by atomic mass is 16.3. The number of nitrogens with zero attached hydrogens (tertiary/aromatic N) is 2. The normalized spacial score (nSPS) is 11.9. The van der Waals surface area contributed by atoms with Crippen LogP contribution < -0.4 is 0 Å². The SMILES string of the molecule is c1ccc(-c2ccc3c(c2)c2cc(-c4ccccc4)ccc2c2nc(-c4cccc(-c5cccc6c5oc5c6ccc6oc7ccccc7c65)c4)cnc32)cc1. The van der Waals surface area contributed by atoms with Gasteiger partial charge in [0.1, 0.15) is 22.3 Å². The summed E-state index contributed by atoms with van der Waals surface area (Å²) in [5, 5.41) is 8.69. The zero-order valence-electron chi connectivity index (χ0n) is 30.0. The molecular formula is C52H30N2O2. The second kappa shape index (κ2) is 12.0. The van der Waals surface area contributed by atoms with Crippen LogP contribution in [0.4, 0.5) is 0 Å². The van der Waals surface area contributed by atoms with Crippen LogP contribution in [-0.2, 0) is 0 Å². The number of hydrogen-bond acceptors (Lipinski definition) is 4. The van der Waals surface area contributed by atoms with Gasteiger partial charge in [-0.25, -0.2) is 4.98 Å². The summed E-state index contributed by atoms with van der Waals surface area (Å²) in [5.74, 6) is 0. The van der Waals surface area contributed by atoms with Gasteiger partial charge in [-0.2, -0.15) is 0 Å². The molecule has 56 heavy (non-hydrogen) atoms. The third kappa shape index (κ3) is 4.66. The molecule has 0 spiro atoms. The molecule has 0 aliphatic rings. The molecule has 12 rings (SSSR count). The predicted molar refractivity (Wildman–Crippen MR) is 231 cm³/mol. The van der Waals surface area contributed by atoms with E-state index in [-0.39, 0.29) is 0 Å². The molecule has 0 radical (unpaired) electrons. The minimum atomic E-state index is 0.816. The minimum absolute atomic E-state index is 0.816. The van der Waals surface area contributed by atoms with Crippen molar-refractivity contribution in [3.05, 3.63) is 182 Å². The Hall–Kier alpha value is -7.56. The molecule has 0 saturated carbocycles. The molecule has 0 amide bonds. The summed E-state index contributed by atoms with van der Waals surface area (Å²) in [6.07, 6.45) is 1.92. The Bertz CT molecular complexity index is 3530. The minimum Gasteiger partial charge on any atom is -0.456 e. The number of furan rings is 2. The molecule has 0 N–H and O–H groups in total. The molecule has 260 valence electrons. The van der Waals surface area contributed by atoms with Gasteiger partial charge < -0.3 is 8.83 Å². The van der Waals surface area contributed by atoms with Crippen molar-refractivity contribution in [3.63, 3.8) is 0 Å². The van der Waals surface area contributed by atoms with E-state index in [0.29, 0.717) is 0 Å². The van der Waals surface area contributed by atoms with Crippen LogP contribution in [0.5, 0.6) is 0 Å². The zero-order chi connectivity index (χ0) is 36.7. The van der Waals surface area contributed by atoms with E-state index in [2.05, 4.69) is 158 Å². The van der Waals surface area contributed by atoms with Crippen molar-refractivity contribution < 1.29 is 8.83 Å². The topological polar surface area (TPSA) is 52.1 Å². The van der Waals surface area contributed by atoms with E-state index in [9.17, 15) is 0 Å². The lowest BCUT2D eigenvalue weighted by molar-refractivity contribution is 0.663. The predicted octanol–water partition coefficient (Wildman–Crippen LogP) is 14.4. The van der Waals surface area contributed by atoms with E-state index >= 15 is 0 Å². The smallest absolute Gasteiger partial charge is 0.147 e. The van der Waals surface area contributed by atoms with Crippen LogP contribution in [0.1, 0.15) is 0 Å². The molecule has 3 aromatic heterocycles. The van der Waals surface area contributed by atoms with E-state index in [1.54, 1.807) is 0 Å². The van der Waals surface area contributed by atoms with E-state index in [1.807, 2.05) is 24.4 Å². The molecule has 4 nitrogen and oxygen atoms in total. The first-order valence-corrected chi connectivity index (χ1v) is 18.9. The lowest BCUT2D eigenvalue weighted by atomic mass is 9.93. The molecule has 0 atom stereocenters. The first kappa shape index (κ1) is 30.9. The maximum Gasteiger partial charge on any atom is 0.147 e. The van der Waals surface area contributed by atoms with Gasteiger partial charge in [0.25, 0.3) is 0 Å². The Balaban J connectivity index is 1.04. The molecule has 0 aliphatic carbocycles. The molecule has 0 fully saturated rings. The molecule has 0 saturated heterocycles. The Morgan fingerprint density at radius 3 is 1.71 bits per heavy atom. The van der Waals surface area contributed by atoms with Crippen molar-refractivity contribution in [1.29, 1.82) is 0 Å². The van der Waals surface area contributed by atoms with Crippen LogP contribution in [0.15, 0.2) is 191 Å². The first-order valence-electron chi connectivity index (χ1n) is 18.9. The number of aromatic nitrogens is 2. The maximum absolute atomic E-state index is 6.80. The van der Waals surface area contributed by atoms with Crippen molar-refractivity contribution in [1.82, 2.24) is 9.97 Å². The molecule has 12 aromatic rings. The van der Waals surface area contributed by atoms with Crippen LogP contribution in [0, 0.1) is 0 Å². The second-order valence-electron chi connectivity index (χ2n) is 14.5. The third-order valence-corrected chi connectivity index (χ3v) is 11.3. The highest BCUT2D eigenvalue weighted by Gasteiger charge is 2.19. The van der Waals surface area contributed by atoms with Gasteiger partial charge in [0.15, 0.2) is 0 Å². The number of fused-ring (bicyclic) bond motifs is 13. The van der Waals surface area contributed by atoms with Gasteiger partial charge in [0.05, 0.1) is 28.3 Å². The van der Waals surface area contributed by atoms with Gasteiger partial charge >= 0.3 is 0 Å². The van der Waals surface area contributed by atoms with Gasteiger partial charge in [-0.05, 0) is 75.0 Å². The summed E-state index contributed by atoms with van der Waals surface area (Å²) in [5.41, 5.74) is 13.7. The average Bonchev–Trinajstić information content (AvgIpc) is 3.85. The van der Waals surface area contributed by atoms with Crippen LogP contribution in [0.3, 0.4) is 0 Å². The lowest BCUT2D eigenvalue weighted by Crippen LogP contribution is -1.93. The lowest BCUT2D eigenvalue weighted by Gasteiger charge is -2.14. The molecule has 9 aromatic carbocycles. The summed E-state index contributed by atoms with van der Waals surface area (Å²) in [4.78, 5) is 10.6. The molecule has 3 heterocycles. The summed E-state index contributed by atoms with van der Waals surface area (Å²) < 4.78 is 13.0. The zero-order valence-corrected chi connectivity index (χ0v) is 30.0. The van der Waals surface area contributed by atoms with Gasteiger partial charge in [0, 0.05) is 38.1 Å². The van der Waals surface area contributed by atoms with Crippen molar-refractivity contribution in [2.75, 3.05) is 0 Å². The fraction of sp³-hybridized carbons (Fsp3) is 0. The fourth-order valence-electron chi connectivity index (χ4n) is 8.62. The largest absolute Gasteiger partial charge is 0.456 e. The number of benzene rings is 9. The fourth-order valence-corrected chi connectivity index (χ4v) is 8.62.